The number of hydrogen-bond acceptors (Lipinski definition) is 7. The minimum atomic E-state index is -1.82. The van der Waals surface area contributed by atoms with Crippen molar-refractivity contribution in [1.29, 1.82) is 0 Å². The molecule has 1 heterocycles. The third-order valence-corrected chi connectivity index (χ3v) is 5.47. The second-order valence-electron chi connectivity index (χ2n) is 7.81. The van der Waals surface area contributed by atoms with Crippen LogP contribution in [-0.4, -0.2) is 85.9 Å². The number of benzene rings is 1. The van der Waals surface area contributed by atoms with E-state index in [-0.39, 0.29) is 5.92 Å². The van der Waals surface area contributed by atoms with E-state index >= 15 is 0 Å². The summed E-state index contributed by atoms with van der Waals surface area (Å²) in [6, 6.07) is 3.99. The number of carboxylic acids is 2. The van der Waals surface area contributed by atoms with Crippen LogP contribution in [0.5, 0.6) is 17.2 Å². The van der Waals surface area contributed by atoms with Crippen LogP contribution in [0.25, 0.3) is 0 Å². The van der Waals surface area contributed by atoms with E-state index in [1.54, 1.807) is 21.3 Å². The lowest BCUT2D eigenvalue weighted by Crippen LogP contribution is -2.41. The Bertz CT molecular complexity index is 754. The second kappa shape index (κ2) is 14.2. The summed E-state index contributed by atoms with van der Waals surface area (Å²) in [6.07, 6.45) is 4.02. The summed E-state index contributed by atoms with van der Waals surface area (Å²) in [6.45, 7) is 5.67. The van der Waals surface area contributed by atoms with Gasteiger partial charge in [0.25, 0.3) is 0 Å². The number of amides is 1. The van der Waals surface area contributed by atoms with Gasteiger partial charge < -0.3 is 29.3 Å². The molecule has 10 nitrogen and oxygen atoms in total. The zero-order valence-electron chi connectivity index (χ0n) is 20.1. The van der Waals surface area contributed by atoms with Crippen LogP contribution in [0, 0.1) is 5.92 Å². The molecule has 2 rings (SSSR count). The van der Waals surface area contributed by atoms with Crippen LogP contribution in [0.3, 0.4) is 0 Å². The van der Waals surface area contributed by atoms with E-state index in [1.807, 2.05) is 24.1 Å². The molecule has 1 amide bonds. The van der Waals surface area contributed by atoms with Gasteiger partial charge in [0.2, 0.25) is 11.7 Å². The zero-order chi connectivity index (χ0) is 25.0. The molecule has 186 valence electrons. The molecule has 0 atom stereocenters. The highest BCUT2D eigenvalue weighted by molar-refractivity contribution is 6.27. The van der Waals surface area contributed by atoms with Crippen molar-refractivity contribution in [3.63, 3.8) is 0 Å². The number of nitrogens with zero attached hydrogens (tertiary/aromatic N) is 2. The number of carbonyl (C=O) groups is 3. The SMILES string of the molecule is CCCCN(C)C(=O)C1CCN(Cc2cc(OC)c(OC)c(OC)c2)CC1.O=C(O)C(=O)O. The summed E-state index contributed by atoms with van der Waals surface area (Å²) in [5, 5.41) is 14.8. The molecule has 33 heavy (non-hydrogen) atoms. The van der Waals surface area contributed by atoms with Crippen LogP contribution in [0.15, 0.2) is 12.1 Å². The van der Waals surface area contributed by atoms with Crippen LogP contribution in [0.4, 0.5) is 0 Å². The largest absolute Gasteiger partial charge is 0.493 e. The van der Waals surface area contributed by atoms with Gasteiger partial charge in [-0.15, -0.1) is 0 Å². The van der Waals surface area contributed by atoms with E-state index in [9.17, 15) is 4.79 Å². The molecule has 0 unspecified atom stereocenters. The molecule has 1 aliphatic rings. The first-order valence-electron chi connectivity index (χ1n) is 10.9. The Morgan fingerprint density at radius 3 is 1.91 bits per heavy atom. The smallest absolute Gasteiger partial charge is 0.414 e. The van der Waals surface area contributed by atoms with E-state index in [4.69, 9.17) is 34.0 Å². The minimum Gasteiger partial charge on any atom is -0.493 e. The fraction of sp³-hybridized carbons (Fsp3) is 0.609. The zero-order valence-corrected chi connectivity index (χ0v) is 20.1. The van der Waals surface area contributed by atoms with Crippen molar-refractivity contribution in [1.82, 2.24) is 9.80 Å². The maximum absolute atomic E-state index is 12.6. The van der Waals surface area contributed by atoms with Crippen LogP contribution >= 0.6 is 0 Å². The monoisotopic (exact) mass is 468 g/mol. The quantitative estimate of drug-likeness (QED) is 0.525. The second-order valence-corrected chi connectivity index (χ2v) is 7.81. The summed E-state index contributed by atoms with van der Waals surface area (Å²) >= 11 is 0. The number of carbonyl (C=O) groups excluding carboxylic acids is 1. The van der Waals surface area contributed by atoms with Crippen molar-refractivity contribution in [3.8, 4) is 17.2 Å². The van der Waals surface area contributed by atoms with E-state index < -0.39 is 11.9 Å². The highest BCUT2D eigenvalue weighted by Crippen LogP contribution is 2.38. The fourth-order valence-corrected chi connectivity index (χ4v) is 3.64. The van der Waals surface area contributed by atoms with Gasteiger partial charge in [-0.3, -0.25) is 9.69 Å². The van der Waals surface area contributed by atoms with Crippen molar-refractivity contribution >= 4 is 17.8 Å². The van der Waals surface area contributed by atoms with Gasteiger partial charge in [0.1, 0.15) is 0 Å². The number of likely N-dealkylation sites (tertiary alicyclic amines) is 1. The molecule has 2 N–H and O–H groups in total. The number of rotatable bonds is 9. The summed E-state index contributed by atoms with van der Waals surface area (Å²) in [5.74, 6) is -1.23. The first kappa shape index (κ1) is 28.0. The average molecular weight is 469 g/mol. The summed E-state index contributed by atoms with van der Waals surface area (Å²) in [5.41, 5.74) is 1.12. The molecule has 0 spiro atoms. The Hall–Kier alpha value is -3.01. The first-order valence-corrected chi connectivity index (χ1v) is 10.9. The highest BCUT2D eigenvalue weighted by atomic mass is 16.5. The Balaban J connectivity index is 0.000000801. The number of piperidine rings is 1. The predicted molar refractivity (Wildman–Crippen MR) is 122 cm³/mol. The Morgan fingerprint density at radius 1 is 1.00 bits per heavy atom. The normalized spacial score (nSPS) is 14.0. The van der Waals surface area contributed by atoms with Gasteiger partial charge in [-0.25, -0.2) is 9.59 Å². The molecule has 1 aromatic rings. The van der Waals surface area contributed by atoms with Crippen molar-refractivity contribution in [2.24, 2.45) is 5.92 Å². The molecular weight excluding hydrogens is 432 g/mol. The van der Waals surface area contributed by atoms with Crippen molar-refractivity contribution in [2.75, 3.05) is 48.0 Å². The van der Waals surface area contributed by atoms with E-state index in [2.05, 4.69) is 11.8 Å². The van der Waals surface area contributed by atoms with Crippen LogP contribution in [0.1, 0.15) is 38.2 Å². The summed E-state index contributed by atoms with van der Waals surface area (Å²) < 4.78 is 16.3. The van der Waals surface area contributed by atoms with Crippen LogP contribution in [-0.2, 0) is 20.9 Å². The number of hydrogen-bond donors (Lipinski definition) is 2. The highest BCUT2D eigenvalue weighted by Gasteiger charge is 2.27. The number of methoxy groups -OCH3 is 3. The Morgan fingerprint density at radius 2 is 1.52 bits per heavy atom. The molecule has 1 aromatic carbocycles. The van der Waals surface area contributed by atoms with Crippen molar-refractivity contribution < 1.29 is 38.8 Å². The molecule has 0 aliphatic carbocycles. The Kier molecular flexibility index (Phi) is 12.1. The molecule has 10 heteroatoms. The Labute approximate surface area is 195 Å². The van der Waals surface area contributed by atoms with E-state index in [1.165, 1.54) is 0 Å². The standard InChI is InChI=1S/C21H34N2O4.C2H2O4/c1-6-7-10-22(2)21(24)17-8-11-23(12-9-17)15-16-13-18(25-3)20(27-5)19(14-16)26-4;3-1(4)2(5)6/h13-14,17H,6-12,15H2,1-5H3;(H,3,4)(H,5,6). The van der Waals surface area contributed by atoms with Gasteiger partial charge in [-0.2, -0.15) is 0 Å². The van der Waals surface area contributed by atoms with Gasteiger partial charge in [-0.1, -0.05) is 13.3 Å². The minimum absolute atomic E-state index is 0.156. The average Bonchev–Trinajstić information content (AvgIpc) is 2.82. The third-order valence-electron chi connectivity index (χ3n) is 5.47. The number of carboxylic acid groups (broad SMARTS) is 2. The maximum Gasteiger partial charge on any atom is 0.414 e. The van der Waals surface area contributed by atoms with Crippen molar-refractivity contribution in [2.45, 2.75) is 39.2 Å². The van der Waals surface area contributed by atoms with Gasteiger partial charge >= 0.3 is 11.9 Å². The lowest BCUT2D eigenvalue weighted by Gasteiger charge is -2.33. The lowest BCUT2D eigenvalue weighted by molar-refractivity contribution is -0.159. The van der Waals surface area contributed by atoms with Crippen LogP contribution in [0.2, 0.25) is 0 Å². The molecule has 0 saturated carbocycles. The van der Waals surface area contributed by atoms with E-state index in [0.717, 1.165) is 57.4 Å². The van der Waals surface area contributed by atoms with Crippen molar-refractivity contribution in [3.05, 3.63) is 17.7 Å². The summed E-state index contributed by atoms with van der Waals surface area (Å²) in [4.78, 5) is 35.1. The molecule has 0 aromatic heterocycles. The fourth-order valence-electron chi connectivity index (χ4n) is 3.64. The molecule has 1 fully saturated rings. The molecular formula is C23H36N2O8. The van der Waals surface area contributed by atoms with Gasteiger partial charge in [-0.05, 0) is 50.0 Å². The first-order chi connectivity index (χ1) is 15.7. The number of aliphatic carboxylic acids is 2. The number of unbranched alkanes of at least 4 members (excludes halogenated alkanes) is 1. The lowest BCUT2D eigenvalue weighted by atomic mass is 9.95. The predicted octanol–water partition coefficient (Wildman–Crippen LogP) is 2.34. The topological polar surface area (TPSA) is 126 Å². The molecule has 1 aliphatic heterocycles. The van der Waals surface area contributed by atoms with Gasteiger partial charge in [0.05, 0.1) is 21.3 Å². The summed E-state index contributed by atoms with van der Waals surface area (Å²) in [7, 11) is 6.81. The van der Waals surface area contributed by atoms with Crippen LogP contribution < -0.4 is 14.2 Å². The van der Waals surface area contributed by atoms with Gasteiger partial charge in [0.15, 0.2) is 11.5 Å². The molecule has 1 saturated heterocycles. The van der Waals surface area contributed by atoms with E-state index in [0.29, 0.717) is 23.2 Å². The maximum atomic E-state index is 12.6. The third kappa shape index (κ3) is 8.80. The molecule has 0 radical (unpaired) electrons. The molecule has 0 bridgehead atoms. The number of ether oxygens (including phenoxy) is 3. The van der Waals surface area contributed by atoms with Gasteiger partial charge in [0, 0.05) is 26.1 Å².